The molecule has 1 aliphatic carbocycles. The average Bonchev–Trinajstić information content (AvgIpc) is 2.97. The fourth-order valence-electron chi connectivity index (χ4n) is 3.35. The number of esters is 1. The molecule has 1 aliphatic rings. The maximum absolute atomic E-state index is 12.6. The highest BCUT2D eigenvalue weighted by atomic mass is 32.2. The van der Waals surface area contributed by atoms with Crippen molar-refractivity contribution in [3.05, 3.63) is 32.4 Å². The average molecular weight is 452 g/mol. The van der Waals surface area contributed by atoms with Crippen molar-refractivity contribution in [3.63, 3.8) is 0 Å². The van der Waals surface area contributed by atoms with Gasteiger partial charge in [0.1, 0.15) is 5.00 Å². The molecule has 0 radical (unpaired) electrons. The SMILES string of the molecule is CCOC(=O)c1c(NC(=O)CCSc2nc(O)cc(=O)[nH]2)sc2c1CCCCCC2. The van der Waals surface area contributed by atoms with Gasteiger partial charge in [-0.3, -0.25) is 9.59 Å². The molecule has 8 nitrogen and oxygen atoms in total. The van der Waals surface area contributed by atoms with Gasteiger partial charge in [-0.15, -0.1) is 11.3 Å². The zero-order chi connectivity index (χ0) is 21.5. The summed E-state index contributed by atoms with van der Waals surface area (Å²) in [5, 5.41) is 13.1. The molecule has 0 aliphatic heterocycles. The van der Waals surface area contributed by atoms with Crippen molar-refractivity contribution in [1.82, 2.24) is 9.97 Å². The molecule has 2 aromatic rings. The highest BCUT2D eigenvalue weighted by molar-refractivity contribution is 7.99. The molecular weight excluding hydrogens is 426 g/mol. The summed E-state index contributed by atoms with van der Waals surface area (Å²) in [4.78, 5) is 43.9. The Morgan fingerprint density at radius 1 is 1.30 bits per heavy atom. The summed E-state index contributed by atoms with van der Waals surface area (Å²) in [7, 11) is 0. The van der Waals surface area contributed by atoms with E-state index < -0.39 is 5.56 Å². The number of amides is 1. The van der Waals surface area contributed by atoms with Crippen molar-refractivity contribution in [2.75, 3.05) is 17.7 Å². The number of carbonyl (C=O) groups is 2. The van der Waals surface area contributed by atoms with Crippen LogP contribution in [-0.2, 0) is 22.4 Å². The van der Waals surface area contributed by atoms with E-state index in [0.717, 1.165) is 60.4 Å². The number of thioether (sulfide) groups is 1. The number of aromatic nitrogens is 2. The van der Waals surface area contributed by atoms with Crippen LogP contribution in [0.3, 0.4) is 0 Å². The minimum atomic E-state index is -0.454. The lowest BCUT2D eigenvalue weighted by molar-refractivity contribution is -0.115. The molecule has 0 unspecified atom stereocenters. The smallest absolute Gasteiger partial charge is 0.341 e. The Hall–Kier alpha value is -2.33. The summed E-state index contributed by atoms with van der Waals surface area (Å²) in [6.07, 6.45) is 6.31. The molecule has 0 bridgehead atoms. The molecule has 30 heavy (non-hydrogen) atoms. The number of hydrogen-bond acceptors (Lipinski definition) is 8. The number of aromatic amines is 1. The maximum atomic E-state index is 12.6. The number of thiophene rings is 1. The van der Waals surface area contributed by atoms with Gasteiger partial charge in [0.05, 0.1) is 18.2 Å². The number of nitrogens with one attached hydrogen (secondary N) is 2. The number of aromatic hydroxyl groups is 1. The standard InChI is InChI=1S/C20H25N3O5S2/c1-2-28-19(27)17-12-7-5-3-4-6-8-13(12)30-18(17)21-14(24)9-10-29-20-22-15(25)11-16(26)23-20/h11H,2-10H2,1H3,(H,21,24)(H2,22,23,25,26). The minimum Gasteiger partial charge on any atom is -0.493 e. The summed E-state index contributed by atoms with van der Waals surface area (Å²) in [6.45, 7) is 2.05. The van der Waals surface area contributed by atoms with Crippen molar-refractivity contribution < 1.29 is 19.4 Å². The van der Waals surface area contributed by atoms with Gasteiger partial charge < -0.3 is 20.1 Å². The van der Waals surface area contributed by atoms with Crippen molar-refractivity contribution in [2.45, 2.75) is 57.0 Å². The number of anilines is 1. The lowest BCUT2D eigenvalue weighted by atomic mass is 9.96. The lowest BCUT2D eigenvalue weighted by Gasteiger charge is -2.11. The van der Waals surface area contributed by atoms with E-state index >= 15 is 0 Å². The fraction of sp³-hybridized carbons (Fsp3) is 0.500. The molecule has 2 aromatic heterocycles. The summed E-state index contributed by atoms with van der Waals surface area (Å²) >= 11 is 2.63. The van der Waals surface area contributed by atoms with Crippen LogP contribution in [0.2, 0.25) is 0 Å². The normalized spacial score (nSPS) is 13.8. The second-order valence-electron chi connectivity index (χ2n) is 6.90. The second kappa shape index (κ2) is 10.6. The van der Waals surface area contributed by atoms with Crippen LogP contribution in [0.15, 0.2) is 16.0 Å². The van der Waals surface area contributed by atoms with Gasteiger partial charge in [-0.25, -0.2) is 4.79 Å². The monoisotopic (exact) mass is 451 g/mol. The Bertz CT molecular complexity index is 970. The molecule has 2 heterocycles. The van der Waals surface area contributed by atoms with Crippen molar-refractivity contribution >= 4 is 40.0 Å². The van der Waals surface area contributed by atoms with Crippen LogP contribution in [0.1, 0.15) is 59.8 Å². The van der Waals surface area contributed by atoms with Gasteiger partial charge in [-0.2, -0.15) is 4.98 Å². The predicted octanol–water partition coefficient (Wildman–Crippen LogP) is 3.49. The first-order chi connectivity index (χ1) is 14.5. The first-order valence-electron chi connectivity index (χ1n) is 10.0. The fourth-order valence-corrected chi connectivity index (χ4v) is 5.45. The van der Waals surface area contributed by atoms with Crippen LogP contribution in [0.5, 0.6) is 5.88 Å². The Morgan fingerprint density at radius 3 is 2.80 bits per heavy atom. The van der Waals surface area contributed by atoms with E-state index in [0.29, 0.717) is 16.3 Å². The molecule has 0 atom stereocenters. The summed E-state index contributed by atoms with van der Waals surface area (Å²) in [5.41, 5.74) is 1.06. The van der Waals surface area contributed by atoms with Crippen molar-refractivity contribution in [1.29, 1.82) is 0 Å². The van der Waals surface area contributed by atoms with Gasteiger partial charge in [0.2, 0.25) is 11.8 Å². The van der Waals surface area contributed by atoms with Crippen LogP contribution in [0.4, 0.5) is 5.00 Å². The second-order valence-corrected chi connectivity index (χ2v) is 9.09. The highest BCUT2D eigenvalue weighted by Gasteiger charge is 2.26. The van der Waals surface area contributed by atoms with Gasteiger partial charge >= 0.3 is 5.97 Å². The van der Waals surface area contributed by atoms with Crippen LogP contribution in [0.25, 0.3) is 0 Å². The first-order valence-corrected chi connectivity index (χ1v) is 11.8. The molecule has 3 rings (SSSR count). The van der Waals surface area contributed by atoms with E-state index in [4.69, 9.17) is 4.74 Å². The molecule has 10 heteroatoms. The molecule has 3 N–H and O–H groups in total. The largest absolute Gasteiger partial charge is 0.493 e. The maximum Gasteiger partial charge on any atom is 0.341 e. The van der Waals surface area contributed by atoms with Gasteiger partial charge in [0.25, 0.3) is 5.56 Å². The van der Waals surface area contributed by atoms with Gasteiger partial charge in [-0.05, 0) is 38.2 Å². The Balaban J connectivity index is 1.69. The number of hydrogen-bond donors (Lipinski definition) is 3. The van der Waals surface area contributed by atoms with Crippen molar-refractivity contribution in [2.24, 2.45) is 0 Å². The summed E-state index contributed by atoms with van der Waals surface area (Å²) in [5.74, 6) is -0.620. The number of H-pyrrole nitrogens is 1. The van der Waals surface area contributed by atoms with Crippen LogP contribution in [-0.4, -0.2) is 39.3 Å². The lowest BCUT2D eigenvalue weighted by Crippen LogP contribution is -2.16. The number of fused-ring (bicyclic) bond motifs is 1. The molecular formula is C20H25N3O5S2. The Kier molecular flexibility index (Phi) is 7.92. The van der Waals surface area contributed by atoms with E-state index in [2.05, 4.69) is 15.3 Å². The molecule has 162 valence electrons. The summed E-state index contributed by atoms with van der Waals surface area (Å²) in [6, 6.07) is 0.983. The molecule has 0 fully saturated rings. The Labute approximate surface area is 182 Å². The van der Waals surface area contributed by atoms with Crippen LogP contribution >= 0.6 is 23.1 Å². The van der Waals surface area contributed by atoms with E-state index in [1.165, 1.54) is 17.8 Å². The third-order valence-corrected chi connectivity index (χ3v) is 6.76. The number of aryl methyl sites for hydroxylation is 1. The summed E-state index contributed by atoms with van der Waals surface area (Å²) < 4.78 is 5.25. The van der Waals surface area contributed by atoms with Crippen LogP contribution < -0.4 is 10.9 Å². The molecule has 1 amide bonds. The number of carbonyl (C=O) groups excluding carboxylic acids is 2. The van der Waals surface area contributed by atoms with E-state index in [9.17, 15) is 19.5 Å². The molecule has 0 saturated heterocycles. The highest BCUT2D eigenvalue weighted by Crippen LogP contribution is 2.37. The molecule has 0 spiro atoms. The third kappa shape index (κ3) is 5.85. The van der Waals surface area contributed by atoms with E-state index in [1.54, 1.807) is 6.92 Å². The number of nitrogens with zero attached hydrogens (tertiary/aromatic N) is 1. The third-order valence-electron chi connectivity index (χ3n) is 4.68. The van der Waals surface area contributed by atoms with Gasteiger partial charge in [0, 0.05) is 17.1 Å². The molecule has 0 saturated carbocycles. The van der Waals surface area contributed by atoms with Crippen molar-refractivity contribution in [3.8, 4) is 5.88 Å². The first kappa shape index (κ1) is 22.4. The zero-order valence-electron chi connectivity index (χ0n) is 16.8. The van der Waals surface area contributed by atoms with Crippen LogP contribution in [0, 0.1) is 0 Å². The predicted molar refractivity (Wildman–Crippen MR) is 117 cm³/mol. The molecule has 0 aromatic carbocycles. The topological polar surface area (TPSA) is 121 Å². The van der Waals surface area contributed by atoms with E-state index in [1.807, 2.05) is 0 Å². The minimum absolute atomic E-state index is 0.162. The van der Waals surface area contributed by atoms with Gasteiger partial charge in [-0.1, -0.05) is 24.6 Å². The number of ether oxygens (including phenoxy) is 1. The Morgan fingerprint density at radius 2 is 2.07 bits per heavy atom. The van der Waals surface area contributed by atoms with E-state index in [-0.39, 0.29) is 35.9 Å². The number of rotatable bonds is 7. The van der Waals surface area contributed by atoms with Gasteiger partial charge in [0.15, 0.2) is 5.16 Å². The quantitative estimate of drug-likeness (QED) is 0.335. The zero-order valence-corrected chi connectivity index (χ0v) is 18.4.